The summed E-state index contributed by atoms with van der Waals surface area (Å²) in [6.45, 7) is 1.94. The molecule has 2 aromatic carbocycles. The molecule has 154 valence electrons. The van der Waals surface area contributed by atoms with Crippen LogP contribution in [0, 0.1) is 0 Å². The van der Waals surface area contributed by atoms with Crippen LogP contribution in [0.25, 0.3) is 0 Å². The molecular weight excluding hydrogens is 398 g/mol. The highest BCUT2D eigenvalue weighted by molar-refractivity contribution is 7.12. The van der Waals surface area contributed by atoms with Crippen LogP contribution >= 0.6 is 11.3 Å². The van der Waals surface area contributed by atoms with Gasteiger partial charge in [0.15, 0.2) is 0 Å². The van der Waals surface area contributed by atoms with E-state index in [1.807, 2.05) is 36.6 Å². The first-order valence-corrected chi connectivity index (χ1v) is 10.4. The number of likely N-dealkylation sites (N-methyl/N-ethyl adjacent to an activating group) is 1. The van der Waals surface area contributed by atoms with Gasteiger partial charge in [0, 0.05) is 24.0 Å². The first kappa shape index (κ1) is 21.3. The van der Waals surface area contributed by atoms with E-state index < -0.39 is 0 Å². The number of amides is 3. The highest BCUT2D eigenvalue weighted by Gasteiger charge is 2.17. The summed E-state index contributed by atoms with van der Waals surface area (Å²) in [7, 11) is 1.57. The van der Waals surface area contributed by atoms with E-state index in [1.54, 1.807) is 43.4 Å². The molecule has 1 aromatic heterocycles. The molecule has 0 aliphatic heterocycles. The lowest BCUT2D eigenvalue weighted by Crippen LogP contribution is -2.35. The fraction of sp³-hybridized carbons (Fsp3) is 0.174. The van der Waals surface area contributed by atoms with Gasteiger partial charge in [-0.3, -0.25) is 14.4 Å². The average Bonchev–Trinajstić information content (AvgIpc) is 3.29. The van der Waals surface area contributed by atoms with Crippen molar-refractivity contribution in [1.82, 2.24) is 4.90 Å². The van der Waals surface area contributed by atoms with Crippen molar-refractivity contribution in [2.75, 3.05) is 24.2 Å². The summed E-state index contributed by atoms with van der Waals surface area (Å²) >= 11 is 1.34. The van der Waals surface area contributed by atoms with Gasteiger partial charge in [-0.1, -0.05) is 37.3 Å². The van der Waals surface area contributed by atoms with Crippen LogP contribution in [-0.4, -0.2) is 36.2 Å². The zero-order valence-electron chi connectivity index (χ0n) is 16.8. The number of carbonyl (C=O) groups excluding carboxylic acids is 3. The number of anilines is 2. The average molecular weight is 422 g/mol. The molecule has 0 fully saturated rings. The van der Waals surface area contributed by atoms with Gasteiger partial charge in [0.25, 0.3) is 11.8 Å². The van der Waals surface area contributed by atoms with Gasteiger partial charge in [-0.2, -0.15) is 0 Å². The van der Waals surface area contributed by atoms with Gasteiger partial charge >= 0.3 is 0 Å². The third-order valence-electron chi connectivity index (χ3n) is 4.51. The van der Waals surface area contributed by atoms with E-state index in [0.717, 1.165) is 17.7 Å². The predicted molar refractivity (Wildman–Crippen MR) is 120 cm³/mol. The van der Waals surface area contributed by atoms with Gasteiger partial charge < -0.3 is 15.5 Å². The second-order valence-corrected chi connectivity index (χ2v) is 7.68. The molecule has 3 amide bonds. The number of nitrogens with one attached hydrogen (secondary N) is 2. The van der Waals surface area contributed by atoms with Crippen LogP contribution in [0.2, 0.25) is 0 Å². The van der Waals surface area contributed by atoms with Gasteiger partial charge in [0.2, 0.25) is 5.91 Å². The Hall–Kier alpha value is -3.45. The van der Waals surface area contributed by atoms with E-state index in [-0.39, 0.29) is 24.3 Å². The number of thiophene rings is 1. The molecule has 0 bridgehead atoms. The molecular formula is C23H23N3O3S. The molecule has 0 saturated carbocycles. The van der Waals surface area contributed by atoms with Crippen molar-refractivity contribution in [3.05, 3.63) is 82.0 Å². The van der Waals surface area contributed by atoms with Crippen molar-refractivity contribution in [2.24, 2.45) is 0 Å². The second-order valence-electron chi connectivity index (χ2n) is 6.73. The minimum atomic E-state index is -0.304. The van der Waals surface area contributed by atoms with Gasteiger partial charge in [-0.05, 0) is 47.7 Å². The van der Waals surface area contributed by atoms with Gasteiger partial charge in [-0.25, -0.2) is 0 Å². The maximum Gasteiger partial charge on any atom is 0.265 e. The number of aryl methyl sites for hydroxylation is 1. The lowest BCUT2D eigenvalue weighted by Gasteiger charge is -2.18. The summed E-state index contributed by atoms with van der Waals surface area (Å²) in [6, 6.07) is 17.8. The van der Waals surface area contributed by atoms with Gasteiger partial charge in [0.1, 0.15) is 0 Å². The molecule has 0 radical (unpaired) electrons. The molecule has 0 atom stereocenters. The molecule has 0 aliphatic carbocycles. The quantitative estimate of drug-likeness (QED) is 0.598. The molecule has 3 aromatic rings. The lowest BCUT2D eigenvalue weighted by atomic mass is 10.1. The third-order valence-corrected chi connectivity index (χ3v) is 5.38. The summed E-state index contributed by atoms with van der Waals surface area (Å²) in [5, 5.41) is 7.48. The molecule has 0 spiro atoms. The zero-order valence-corrected chi connectivity index (χ0v) is 17.7. The van der Waals surface area contributed by atoms with Crippen LogP contribution in [-0.2, 0) is 11.2 Å². The molecule has 3 rings (SSSR count). The first-order chi connectivity index (χ1) is 14.5. The fourth-order valence-electron chi connectivity index (χ4n) is 2.98. The molecule has 7 heteroatoms. The number of para-hydroxylation sites is 1. The monoisotopic (exact) mass is 421 g/mol. The summed E-state index contributed by atoms with van der Waals surface area (Å²) < 4.78 is 0. The highest BCUT2D eigenvalue weighted by atomic mass is 32.1. The van der Waals surface area contributed by atoms with E-state index in [4.69, 9.17) is 0 Å². The Morgan fingerprint density at radius 3 is 2.50 bits per heavy atom. The van der Waals surface area contributed by atoms with Gasteiger partial charge in [0.05, 0.1) is 11.4 Å². The summed E-state index contributed by atoms with van der Waals surface area (Å²) in [4.78, 5) is 39.3. The van der Waals surface area contributed by atoms with Crippen molar-refractivity contribution < 1.29 is 14.4 Å². The van der Waals surface area contributed by atoms with Crippen molar-refractivity contribution in [1.29, 1.82) is 0 Å². The lowest BCUT2D eigenvalue weighted by molar-refractivity contribution is -0.116. The number of carbonyl (C=O) groups is 3. The highest BCUT2D eigenvalue weighted by Crippen LogP contribution is 2.17. The maximum absolute atomic E-state index is 12.8. The largest absolute Gasteiger partial charge is 0.332 e. The van der Waals surface area contributed by atoms with Crippen molar-refractivity contribution in [3.8, 4) is 0 Å². The smallest absolute Gasteiger partial charge is 0.265 e. The predicted octanol–water partition coefficient (Wildman–Crippen LogP) is 4.27. The summed E-state index contributed by atoms with van der Waals surface area (Å²) in [5.41, 5.74) is 2.70. The molecule has 0 aliphatic rings. The molecule has 1 heterocycles. The van der Waals surface area contributed by atoms with Crippen molar-refractivity contribution in [2.45, 2.75) is 13.3 Å². The van der Waals surface area contributed by atoms with Crippen LogP contribution in [0.5, 0.6) is 0 Å². The molecule has 6 nitrogen and oxygen atoms in total. The third kappa shape index (κ3) is 5.33. The normalized spacial score (nSPS) is 10.3. The van der Waals surface area contributed by atoms with Crippen molar-refractivity contribution >= 4 is 40.4 Å². The van der Waals surface area contributed by atoms with Gasteiger partial charge in [-0.15, -0.1) is 11.3 Å². The Morgan fingerprint density at radius 1 is 0.967 bits per heavy atom. The minimum Gasteiger partial charge on any atom is -0.332 e. The number of rotatable bonds is 7. The minimum absolute atomic E-state index is 0.0807. The van der Waals surface area contributed by atoms with E-state index in [0.29, 0.717) is 16.1 Å². The van der Waals surface area contributed by atoms with Crippen molar-refractivity contribution in [3.63, 3.8) is 0 Å². The Labute approximate surface area is 179 Å². The van der Waals surface area contributed by atoms with Crippen LogP contribution in [0.1, 0.15) is 32.5 Å². The van der Waals surface area contributed by atoms with Crippen LogP contribution in [0.3, 0.4) is 0 Å². The van der Waals surface area contributed by atoms with E-state index in [9.17, 15) is 14.4 Å². The van der Waals surface area contributed by atoms with Crippen LogP contribution in [0.15, 0.2) is 66.0 Å². The zero-order chi connectivity index (χ0) is 21.5. The van der Waals surface area contributed by atoms with E-state index in [2.05, 4.69) is 10.6 Å². The topological polar surface area (TPSA) is 78.5 Å². The Bertz CT molecular complexity index is 1050. The summed E-state index contributed by atoms with van der Waals surface area (Å²) in [6.07, 6.45) is 0.801. The fourth-order valence-corrected chi connectivity index (χ4v) is 3.60. The second kappa shape index (κ2) is 9.84. The Balaban J connectivity index is 1.62. The Kier molecular flexibility index (Phi) is 6.98. The molecule has 2 N–H and O–H groups in total. The molecule has 0 unspecified atom stereocenters. The summed E-state index contributed by atoms with van der Waals surface area (Å²) in [5.74, 6) is -0.799. The standard InChI is InChI=1S/C23H23N3O3S/c1-3-16-8-4-5-11-19(16)25-21(27)15-26(2)23(29)17-9-6-10-18(14-17)24-22(28)20-12-7-13-30-20/h4-14H,3,15H2,1-2H3,(H,24,28)(H,25,27). The number of benzene rings is 2. The van der Waals surface area contributed by atoms with Crippen LogP contribution < -0.4 is 10.6 Å². The Morgan fingerprint density at radius 2 is 1.77 bits per heavy atom. The first-order valence-electron chi connectivity index (χ1n) is 9.56. The van der Waals surface area contributed by atoms with E-state index >= 15 is 0 Å². The van der Waals surface area contributed by atoms with Crippen LogP contribution in [0.4, 0.5) is 11.4 Å². The molecule has 30 heavy (non-hydrogen) atoms. The number of hydrogen-bond acceptors (Lipinski definition) is 4. The SMILES string of the molecule is CCc1ccccc1NC(=O)CN(C)C(=O)c1cccc(NC(=O)c2cccs2)c1. The molecule has 0 saturated heterocycles. The number of nitrogens with zero attached hydrogens (tertiary/aromatic N) is 1. The number of hydrogen-bond donors (Lipinski definition) is 2. The maximum atomic E-state index is 12.8. The van der Waals surface area contributed by atoms with E-state index in [1.165, 1.54) is 16.2 Å².